The molecule has 0 bridgehead atoms. The number of amides is 3. The molecular weight excluding hydrogens is 742 g/mol. The molecule has 15 heteroatoms. The number of carbonyl (C=O) groups is 4. The molecule has 2 heterocycles. The Hall–Kier alpha value is -4.92. The predicted octanol–water partition coefficient (Wildman–Crippen LogP) is 5.68. The molecule has 1 aromatic heterocycles. The van der Waals surface area contributed by atoms with Gasteiger partial charge in [0.05, 0.1) is 28.2 Å². The van der Waals surface area contributed by atoms with Gasteiger partial charge in [0.2, 0.25) is 21.8 Å². The van der Waals surface area contributed by atoms with Gasteiger partial charge in [-0.05, 0) is 109 Å². The van der Waals surface area contributed by atoms with Gasteiger partial charge in [0, 0.05) is 17.4 Å². The average Bonchev–Trinajstić information content (AvgIpc) is 4.06. The van der Waals surface area contributed by atoms with Gasteiger partial charge in [0.25, 0.3) is 5.91 Å². The Labute approximate surface area is 325 Å². The number of rotatable bonds is 7. The van der Waals surface area contributed by atoms with E-state index in [1.807, 2.05) is 24.3 Å². The number of nitrogens with one attached hydrogen (secondary N) is 3. The lowest BCUT2D eigenvalue weighted by Crippen LogP contribution is -2.54. The Morgan fingerprint density at radius 2 is 1.62 bits per heavy atom. The maximum Gasteiger partial charge on any atom is 0.408 e. The van der Waals surface area contributed by atoms with E-state index in [0.29, 0.717) is 54.4 Å². The van der Waals surface area contributed by atoms with Crippen molar-refractivity contribution in [2.45, 2.75) is 114 Å². The van der Waals surface area contributed by atoms with Crippen LogP contribution in [0.4, 0.5) is 9.18 Å². The summed E-state index contributed by atoms with van der Waals surface area (Å²) in [5, 5.41) is 5.02. The molecule has 3 fully saturated rings. The van der Waals surface area contributed by atoms with Crippen LogP contribution < -0.4 is 20.1 Å². The number of hydrogen-bond acceptors (Lipinski definition) is 10. The van der Waals surface area contributed by atoms with Crippen LogP contribution >= 0.6 is 0 Å². The van der Waals surface area contributed by atoms with Gasteiger partial charge in [-0.3, -0.25) is 19.1 Å². The van der Waals surface area contributed by atoms with Gasteiger partial charge in [-0.1, -0.05) is 37.1 Å². The molecule has 4 aliphatic rings. The Balaban J connectivity index is 1.22. The van der Waals surface area contributed by atoms with Crippen LogP contribution in [0, 0.1) is 23.6 Å². The lowest BCUT2D eigenvalue weighted by molar-refractivity contribution is -0.136. The summed E-state index contributed by atoms with van der Waals surface area (Å²) in [6.45, 7) is 5.17. The fourth-order valence-electron chi connectivity index (χ4n) is 7.73. The molecule has 298 valence electrons. The number of allylic oxidation sites excluding steroid dienone is 1. The number of Topliss-reactive ketones (excluding diaryl/α,β-unsaturated/α-hetero) is 1. The summed E-state index contributed by atoms with van der Waals surface area (Å²) < 4.78 is 54.0. The van der Waals surface area contributed by atoms with E-state index in [2.05, 4.69) is 15.4 Å². The zero-order valence-electron chi connectivity index (χ0n) is 31.8. The summed E-state index contributed by atoms with van der Waals surface area (Å²) in [5.74, 6) is -4.49. The highest BCUT2D eigenvalue weighted by Crippen LogP contribution is 2.47. The first-order chi connectivity index (χ1) is 26.6. The van der Waals surface area contributed by atoms with Crippen LogP contribution in [0.15, 0.2) is 60.7 Å². The number of carbonyl (C=O) groups excluding carboxylic acids is 4. The van der Waals surface area contributed by atoms with Gasteiger partial charge in [0.1, 0.15) is 28.8 Å². The van der Waals surface area contributed by atoms with Crippen LogP contribution in [0.25, 0.3) is 22.3 Å². The second-order valence-corrected chi connectivity index (χ2v) is 18.4. The SMILES string of the molecule is CC(C)(C)OC(=O)N[C@@H]1CCCCC/C=C\C2C[C@@]2(C(=O)NS(=O)(=O)C2CC2)NC(=O)[C@@H]2C[C@@H](Oc3nc4ccccc4nc3-c3ccc(F)cc3)CC2C1=O. The molecule has 56 heavy (non-hydrogen) atoms. The highest BCUT2D eigenvalue weighted by atomic mass is 32.2. The molecule has 3 amide bonds. The number of nitrogens with zero attached hydrogens (tertiary/aromatic N) is 2. The van der Waals surface area contributed by atoms with Gasteiger partial charge >= 0.3 is 6.09 Å². The van der Waals surface area contributed by atoms with Crippen molar-refractivity contribution < 1.29 is 41.5 Å². The molecule has 1 aliphatic heterocycles. The van der Waals surface area contributed by atoms with Gasteiger partial charge in [0.15, 0.2) is 5.78 Å². The topological polar surface area (TPSA) is 183 Å². The van der Waals surface area contributed by atoms with Crippen LogP contribution in [0.3, 0.4) is 0 Å². The summed E-state index contributed by atoms with van der Waals surface area (Å²) in [6, 6.07) is 12.0. The molecule has 0 spiro atoms. The van der Waals surface area contributed by atoms with E-state index < -0.39 is 80.0 Å². The van der Waals surface area contributed by atoms with Crippen molar-refractivity contribution in [2.24, 2.45) is 17.8 Å². The van der Waals surface area contributed by atoms with E-state index in [0.717, 1.165) is 12.8 Å². The van der Waals surface area contributed by atoms with Gasteiger partial charge < -0.3 is 20.1 Å². The van der Waals surface area contributed by atoms with Crippen LogP contribution in [-0.4, -0.2) is 70.6 Å². The average molecular weight is 790 g/mol. The monoisotopic (exact) mass is 789 g/mol. The molecule has 2 unspecified atom stereocenters. The number of hydrogen-bond donors (Lipinski definition) is 3. The van der Waals surface area contributed by atoms with Crippen LogP contribution in [0.5, 0.6) is 5.88 Å². The smallest absolute Gasteiger partial charge is 0.408 e. The zero-order chi connectivity index (χ0) is 39.8. The predicted molar refractivity (Wildman–Crippen MR) is 205 cm³/mol. The molecule has 0 radical (unpaired) electrons. The Kier molecular flexibility index (Phi) is 10.9. The van der Waals surface area contributed by atoms with Crippen LogP contribution in [-0.2, 0) is 29.1 Å². The number of ether oxygens (including phenoxy) is 2. The lowest BCUT2D eigenvalue weighted by atomic mass is 9.85. The summed E-state index contributed by atoms with van der Waals surface area (Å²) in [6.07, 6.45) is 6.67. The third kappa shape index (κ3) is 8.87. The second-order valence-electron chi connectivity index (χ2n) is 16.4. The Bertz CT molecular complexity index is 2150. The normalized spacial score (nSPS) is 27.8. The molecule has 0 saturated heterocycles. The van der Waals surface area contributed by atoms with Crippen molar-refractivity contribution in [1.82, 2.24) is 25.3 Å². The summed E-state index contributed by atoms with van der Waals surface area (Å²) in [5.41, 5.74) is -0.322. The number of ketones is 1. The van der Waals surface area contributed by atoms with Crippen molar-refractivity contribution in [3.05, 3.63) is 66.5 Å². The summed E-state index contributed by atoms with van der Waals surface area (Å²) >= 11 is 0. The zero-order valence-corrected chi connectivity index (χ0v) is 32.6. The second kappa shape index (κ2) is 15.5. The summed E-state index contributed by atoms with van der Waals surface area (Å²) in [7, 11) is -3.91. The Morgan fingerprint density at radius 1 is 0.929 bits per heavy atom. The number of fused-ring (bicyclic) bond motifs is 3. The largest absolute Gasteiger partial charge is 0.473 e. The number of sulfonamides is 1. The molecule has 6 atom stereocenters. The molecule has 3 N–H and O–H groups in total. The number of halogens is 1. The quantitative estimate of drug-likeness (QED) is 0.252. The van der Waals surface area contributed by atoms with Crippen LogP contribution in [0.2, 0.25) is 0 Å². The number of aromatic nitrogens is 2. The minimum Gasteiger partial charge on any atom is -0.473 e. The highest BCUT2D eigenvalue weighted by molar-refractivity contribution is 7.91. The van der Waals surface area contributed by atoms with E-state index in [1.165, 1.54) is 12.1 Å². The summed E-state index contributed by atoms with van der Waals surface area (Å²) in [4.78, 5) is 65.5. The van der Waals surface area contributed by atoms with E-state index in [4.69, 9.17) is 19.4 Å². The molecule has 3 aromatic rings. The van der Waals surface area contributed by atoms with Gasteiger partial charge in [-0.25, -0.2) is 27.6 Å². The van der Waals surface area contributed by atoms with Crippen molar-refractivity contribution in [1.29, 1.82) is 0 Å². The van der Waals surface area contributed by atoms with Crippen LogP contribution in [0.1, 0.15) is 85.0 Å². The van der Waals surface area contributed by atoms with E-state index in [1.54, 1.807) is 45.0 Å². The Morgan fingerprint density at radius 3 is 2.32 bits per heavy atom. The lowest BCUT2D eigenvalue weighted by Gasteiger charge is -2.27. The molecule has 3 saturated carbocycles. The van der Waals surface area contributed by atoms with Crippen molar-refractivity contribution >= 4 is 44.7 Å². The van der Waals surface area contributed by atoms with Gasteiger partial charge in [-0.15, -0.1) is 0 Å². The van der Waals surface area contributed by atoms with E-state index >= 15 is 0 Å². The standard InChI is InChI=1S/C41H48FN5O8S/c1-40(2,3)55-39(51)45-33-14-8-6-4-5-7-11-25-23-41(25,38(50)47-56(52,53)28-19-20-28)46-36(49)30-22-27(21-29(30)35(33)48)54-37-34(24-15-17-26(42)18-16-24)43-31-12-9-10-13-32(31)44-37/h7,9-13,15-18,25,27-30,33H,4-6,8,14,19-23H2,1-3H3,(H,45,51)(H,46,49)(H,47,50)/b11-7-/t25?,27-,29?,30+,33+,41+/m0/s1. The number of alkyl carbamates (subject to hydrolysis) is 1. The fraction of sp³-hybridized carbons (Fsp3) is 0.512. The first-order valence-corrected chi connectivity index (χ1v) is 20.9. The maximum atomic E-state index is 14.6. The van der Waals surface area contributed by atoms with Crippen molar-refractivity contribution in [3.8, 4) is 17.1 Å². The van der Waals surface area contributed by atoms with Crippen molar-refractivity contribution in [2.75, 3.05) is 0 Å². The van der Waals surface area contributed by atoms with Gasteiger partial charge in [-0.2, -0.15) is 0 Å². The first kappa shape index (κ1) is 39.3. The minimum absolute atomic E-state index is 0.0390. The molecule has 13 nitrogen and oxygen atoms in total. The number of para-hydroxylation sites is 2. The highest BCUT2D eigenvalue weighted by Gasteiger charge is 2.62. The number of benzene rings is 2. The minimum atomic E-state index is -3.91. The first-order valence-electron chi connectivity index (χ1n) is 19.4. The van der Waals surface area contributed by atoms with E-state index in [9.17, 15) is 32.0 Å². The maximum absolute atomic E-state index is 14.6. The third-order valence-electron chi connectivity index (χ3n) is 10.9. The third-order valence-corrected chi connectivity index (χ3v) is 12.7. The molecule has 2 aromatic carbocycles. The van der Waals surface area contributed by atoms with E-state index in [-0.39, 0.29) is 30.9 Å². The molecular formula is C41H48FN5O8S. The molecule has 3 aliphatic carbocycles. The van der Waals surface area contributed by atoms with Crippen molar-refractivity contribution in [3.63, 3.8) is 0 Å². The fourth-order valence-corrected chi connectivity index (χ4v) is 9.09. The molecule has 7 rings (SSSR count).